The molecule has 2 heterocycles. The van der Waals surface area contributed by atoms with Gasteiger partial charge >= 0.3 is 0 Å². The van der Waals surface area contributed by atoms with Gasteiger partial charge in [-0.15, -0.1) is 11.8 Å². The van der Waals surface area contributed by atoms with Gasteiger partial charge in [0.2, 0.25) is 5.91 Å². The number of fused-ring (bicyclic) bond motifs is 1. The van der Waals surface area contributed by atoms with E-state index in [1.807, 2.05) is 41.9 Å². The van der Waals surface area contributed by atoms with Gasteiger partial charge in [0.05, 0.1) is 5.88 Å². The number of para-hydroxylation sites is 1. The van der Waals surface area contributed by atoms with Gasteiger partial charge in [0, 0.05) is 30.2 Å². The Labute approximate surface area is 145 Å². The number of carbonyl (C=O) groups excluding carboxylic acids is 2. The number of carbonyl (C=O) groups is 2. The van der Waals surface area contributed by atoms with Gasteiger partial charge in [0.25, 0.3) is 5.91 Å². The van der Waals surface area contributed by atoms with Gasteiger partial charge in [-0.25, -0.2) is 0 Å². The van der Waals surface area contributed by atoms with E-state index < -0.39 is 0 Å². The van der Waals surface area contributed by atoms with Crippen molar-refractivity contribution in [2.24, 2.45) is 13.0 Å². The van der Waals surface area contributed by atoms with E-state index in [0.717, 1.165) is 17.4 Å². The molecule has 1 aliphatic carbocycles. The summed E-state index contributed by atoms with van der Waals surface area (Å²) in [5, 5.41) is 4.06. The van der Waals surface area contributed by atoms with Gasteiger partial charge in [-0.1, -0.05) is 18.2 Å². The second kappa shape index (κ2) is 6.16. The highest BCUT2D eigenvalue weighted by atomic mass is 32.2. The van der Waals surface area contributed by atoms with E-state index in [2.05, 4.69) is 5.32 Å². The van der Waals surface area contributed by atoms with Gasteiger partial charge in [-0.3, -0.25) is 9.59 Å². The Kier molecular flexibility index (Phi) is 4.00. The molecule has 1 atom stereocenters. The first kappa shape index (κ1) is 15.6. The number of nitrogens with one attached hydrogen (secondary N) is 1. The van der Waals surface area contributed by atoms with Crippen LogP contribution in [0.3, 0.4) is 0 Å². The lowest BCUT2D eigenvalue weighted by Gasteiger charge is -2.23. The third-order valence-corrected chi connectivity index (χ3v) is 5.89. The number of hydrogen-bond donors (Lipinski definition) is 1. The summed E-state index contributed by atoms with van der Waals surface area (Å²) in [6, 6.07) is 9.50. The van der Waals surface area contributed by atoms with Crippen molar-refractivity contribution in [1.29, 1.82) is 0 Å². The van der Waals surface area contributed by atoms with Crippen molar-refractivity contribution >= 4 is 34.5 Å². The first-order valence-electron chi connectivity index (χ1n) is 8.36. The first-order chi connectivity index (χ1) is 11.6. The van der Waals surface area contributed by atoms with Crippen LogP contribution < -0.4 is 5.32 Å². The summed E-state index contributed by atoms with van der Waals surface area (Å²) in [5.74, 6) is 1.81. The first-order valence-corrected chi connectivity index (χ1v) is 9.51. The average Bonchev–Trinajstić information content (AvgIpc) is 3.19. The zero-order valence-corrected chi connectivity index (χ0v) is 14.5. The van der Waals surface area contributed by atoms with Crippen molar-refractivity contribution in [3.05, 3.63) is 36.0 Å². The molecule has 0 bridgehead atoms. The quantitative estimate of drug-likeness (QED) is 0.926. The highest BCUT2D eigenvalue weighted by Gasteiger charge is 2.36. The fourth-order valence-corrected chi connectivity index (χ4v) is 4.34. The van der Waals surface area contributed by atoms with Crippen LogP contribution in [-0.2, 0) is 11.8 Å². The van der Waals surface area contributed by atoms with Gasteiger partial charge in [-0.2, -0.15) is 0 Å². The lowest BCUT2D eigenvalue weighted by molar-refractivity contribution is -0.124. The van der Waals surface area contributed by atoms with Crippen LogP contribution in [0.15, 0.2) is 30.3 Å². The summed E-state index contributed by atoms with van der Waals surface area (Å²) in [5.41, 5.74) is 1.67. The molecule has 2 aromatic rings. The van der Waals surface area contributed by atoms with Crippen LogP contribution in [0.2, 0.25) is 0 Å². The van der Waals surface area contributed by atoms with Crippen LogP contribution in [0.4, 0.5) is 0 Å². The van der Waals surface area contributed by atoms with Crippen molar-refractivity contribution in [1.82, 2.24) is 14.8 Å². The number of benzene rings is 1. The lowest BCUT2D eigenvalue weighted by atomic mass is 10.2. The van der Waals surface area contributed by atoms with E-state index in [4.69, 9.17) is 0 Å². The molecule has 24 heavy (non-hydrogen) atoms. The van der Waals surface area contributed by atoms with E-state index in [1.54, 1.807) is 16.7 Å². The van der Waals surface area contributed by atoms with Crippen molar-refractivity contribution in [3.63, 3.8) is 0 Å². The SMILES string of the molecule is Cn1c(C(=O)N2CSCC2C(=O)NCC2CC2)cc2ccccc21. The second-order valence-corrected chi connectivity index (χ2v) is 7.63. The molecular formula is C18H21N3O2S. The number of nitrogens with zero attached hydrogens (tertiary/aromatic N) is 2. The number of rotatable bonds is 4. The van der Waals surface area contributed by atoms with Crippen molar-refractivity contribution in [2.75, 3.05) is 18.2 Å². The Bertz CT molecular complexity index is 797. The van der Waals surface area contributed by atoms with Gasteiger partial charge in [-0.05, 0) is 30.9 Å². The molecule has 1 aliphatic heterocycles. The smallest absolute Gasteiger partial charge is 0.271 e. The molecule has 126 valence electrons. The molecule has 2 amide bonds. The van der Waals surface area contributed by atoms with Crippen LogP contribution >= 0.6 is 11.8 Å². The average molecular weight is 343 g/mol. The Hall–Kier alpha value is -1.95. The topological polar surface area (TPSA) is 54.3 Å². The van der Waals surface area contributed by atoms with Crippen LogP contribution in [-0.4, -0.2) is 45.5 Å². The molecule has 5 nitrogen and oxygen atoms in total. The number of amides is 2. The second-order valence-electron chi connectivity index (χ2n) is 6.63. The molecule has 1 aromatic carbocycles. The summed E-state index contributed by atoms with van der Waals surface area (Å²) in [7, 11) is 1.90. The summed E-state index contributed by atoms with van der Waals surface area (Å²) in [6.45, 7) is 0.746. The molecule has 6 heteroatoms. The standard InChI is InChI=1S/C18H21N3O2S/c1-20-14-5-3-2-4-13(14)8-15(20)18(23)21-11-24-10-16(21)17(22)19-9-12-6-7-12/h2-5,8,12,16H,6-7,9-11H2,1H3,(H,19,22). The van der Waals surface area contributed by atoms with Crippen LogP contribution in [0, 0.1) is 5.92 Å². The Morgan fingerprint density at radius 1 is 1.29 bits per heavy atom. The van der Waals surface area contributed by atoms with Crippen LogP contribution in [0.5, 0.6) is 0 Å². The molecule has 0 spiro atoms. The minimum Gasteiger partial charge on any atom is -0.354 e. The predicted octanol–water partition coefficient (Wildman–Crippen LogP) is 2.22. The molecule has 1 unspecified atom stereocenters. The number of hydrogen-bond acceptors (Lipinski definition) is 3. The Morgan fingerprint density at radius 2 is 2.08 bits per heavy atom. The zero-order valence-electron chi connectivity index (χ0n) is 13.7. The minimum absolute atomic E-state index is 0.0148. The van der Waals surface area contributed by atoms with Gasteiger partial charge in [0.15, 0.2) is 0 Å². The van der Waals surface area contributed by atoms with E-state index in [9.17, 15) is 9.59 Å². The molecule has 2 aliphatic rings. The summed E-state index contributed by atoms with van der Waals surface area (Å²) < 4.78 is 1.92. The predicted molar refractivity (Wildman–Crippen MR) is 95.9 cm³/mol. The van der Waals surface area contributed by atoms with Crippen LogP contribution in [0.25, 0.3) is 10.9 Å². The Morgan fingerprint density at radius 3 is 2.83 bits per heavy atom. The maximum Gasteiger partial charge on any atom is 0.271 e. The van der Waals surface area contributed by atoms with Crippen LogP contribution in [0.1, 0.15) is 23.3 Å². The number of aryl methyl sites for hydroxylation is 1. The fraction of sp³-hybridized carbons (Fsp3) is 0.444. The monoisotopic (exact) mass is 343 g/mol. The van der Waals surface area contributed by atoms with Crippen molar-refractivity contribution in [2.45, 2.75) is 18.9 Å². The fourth-order valence-electron chi connectivity index (χ4n) is 3.19. The molecule has 1 aromatic heterocycles. The van der Waals surface area contributed by atoms with Crippen molar-refractivity contribution < 1.29 is 9.59 Å². The highest BCUT2D eigenvalue weighted by molar-refractivity contribution is 7.99. The molecule has 4 rings (SSSR count). The molecule has 0 radical (unpaired) electrons. The normalized spacial score (nSPS) is 20.5. The van der Waals surface area contributed by atoms with E-state index in [0.29, 0.717) is 23.2 Å². The zero-order chi connectivity index (χ0) is 16.7. The van der Waals surface area contributed by atoms with E-state index in [1.165, 1.54) is 12.8 Å². The molecule has 2 fully saturated rings. The van der Waals surface area contributed by atoms with E-state index in [-0.39, 0.29) is 17.9 Å². The summed E-state index contributed by atoms with van der Waals surface area (Å²) >= 11 is 1.64. The molecule has 1 saturated carbocycles. The van der Waals surface area contributed by atoms with E-state index >= 15 is 0 Å². The summed E-state index contributed by atoms with van der Waals surface area (Å²) in [6.07, 6.45) is 2.41. The van der Waals surface area contributed by atoms with Gasteiger partial charge in [0.1, 0.15) is 11.7 Å². The third kappa shape index (κ3) is 2.79. The lowest BCUT2D eigenvalue weighted by Crippen LogP contribution is -2.48. The molecule has 1 N–H and O–H groups in total. The maximum atomic E-state index is 13.0. The minimum atomic E-state index is -0.362. The number of thioether (sulfide) groups is 1. The largest absolute Gasteiger partial charge is 0.354 e. The van der Waals surface area contributed by atoms with Crippen molar-refractivity contribution in [3.8, 4) is 0 Å². The number of aromatic nitrogens is 1. The third-order valence-electron chi connectivity index (χ3n) is 4.88. The molecular weight excluding hydrogens is 322 g/mol. The molecule has 1 saturated heterocycles. The summed E-state index contributed by atoms with van der Waals surface area (Å²) in [4.78, 5) is 27.2. The Balaban J connectivity index is 1.55. The van der Waals surface area contributed by atoms with Gasteiger partial charge < -0.3 is 14.8 Å². The maximum absolute atomic E-state index is 13.0. The highest BCUT2D eigenvalue weighted by Crippen LogP contribution is 2.29.